The van der Waals surface area contributed by atoms with Crippen LogP contribution in [0.15, 0.2) is 47.4 Å². The van der Waals surface area contributed by atoms with Gasteiger partial charge in [0.2, 0.25) is 5.91 Å². The summed E-state index contributed by atoms with van der Waals surface area (Å²) in [5, 5.41) is 4.10. The Morgan fingerprint density at radius 3 is 2.81 bits per heavy atom. The summed E-state index contributed by atoms with van der Waals surface area (Å²) in [5.41, 5.74) is 1.88. The number of aromatic nitrogens is 2. The van der Waals surface area contributed by atoms with Gasteiger partial charge in [0.05, 0.1) is 11.9 Å². The number of rotatable bonds is 5. The Morgan fingerprint density at radius 2 is 2.08 bits per heavy atom. The lowest BCUT2D eigenvalue weighted by molar-refractivity contribution is -0.131. The maximum Gasteiger partial charge on any atom is 0.268 e. The summed E-state index contributed by atoms with van der Waals surface area (Å²) >= 11 is 0. The molecule has 0 saturated carbocycles. The van der Waals surface area contributed by atoms with E-state index in [1.807, 2.05) is 37.4 Å². The van der Waals surface area contributed by atoms with E-state index in [1.165, 1.54) is 4.68 Å². The molecule has 0 spiro atoms. The van der Waals surface area contributed by atoms with E-state index in [0.717, 1.165) is 37.2 Å². The SMILES string of the molecule is CN(Cc1ccccc1)C(=O)CC1CCCN(c2cnn(C)c(=O)c2)C1. The molecule has 1 aromatic carbocycles. The smallest absolute Gasteiger partial charge is 0.268 e. The average Bonchev–Trinajstić information content (AvgIpc) is 2.65. The molecular weight excluding hydrogens is 328 g/mol. The third-order valence-electron chi connectivity index (χ3n) is 4.99. The Labute approximate surface area is 154 Å². The number of carbonyl (C=O) groups excluding carboxylic acids is 1. The van der Waals surface area contributed by atoms with Gasteiger partial charge >= 0.3 is 0 Å². The van der Waals surface area contributed by atoms with Gasteiger partial charge in [-0.15, -0.1) is 0 Å². The maximum atomic E-state index is 12.6. The van der Waals surface area contributed by atoms with Crippen molar-refractivity contribution in [2.45, 2.75) is 25.8 Å². The van der Waals surface area contributed by atoms with Crippen LogP contribution in [0.3, 0.4) is 0 Å². The first-order chi connectivity index (χ1) is 12.5. The van der Waals surface area contributed by atoms with E-state index < -0.39 is 0 Å². The standard InChI is InChI=1S/C20H26N4O2/c1-22(14-16-7-4-3-5-8-16)19(25)11-17-9-6-10-24(15-17)18-12-20(26)23(2)21-13-18/h3-5,7-8,12-13,17H,6,9-11,14-15H2,1-2H3. The molecule has 1 aliphatic heterocycles. The Hall–Kier alpha value is -2.63. The molecule has 3 rings (SSSR count). The van der Waals surface area contributed by atoms with Gasteiger partial charge in [0, 0.05) is 46.2 Å². The van der Waals surface area contributed by atoms with E-state index in [-0.39, 0.29) is 11.5 Å². The van der Waals surface area contributed by atoms with Gasteiger partial charge in [0.25, 0.3) is 5.56 Å². The molecular formula is C20H26N4O2. The lowest BCUT2D eigenvalue weighted by atomic mass is 9.94. The first-order valence-corrected chi connectivity index (χ1v) is 9.09. The first-order valence-electron chi connectivity index (χ1n) is 9.09. The molecule has 1 amide bonds. The van der Waals surface area contributed by atoms with Crippen molar-refractivity contribution >= 4 is 11.6 Å². The summed E-state index contributed by atoms with van der Waals surface area (Å²) in [6.07, 6.45) is 4.33. The van der Waals surface area contributed by atoms with Gasteiger partial charge < -0.3 is 9.80 Å². The fourth-order valence-electron chi connectivity index (χ4n) is 3.45. The summed E-state index contributed by atoms with van der Waals surface area (Å²) in [6.45, 7) is 2.33. The minimum Gasteiger partial charge on any atom is -0.370 e. The third-order valence-corrected chi connectivity index (χ3v) is 4.99. The summed E-state index contributed by atoms with van der Waals surface area (Å²) in [5.74, 6) is 0.473. The number of nitrogens with zero attached hydrogens (tertiary/aromatic N) is 4. The molecule has 2 heterocycles. The normalized spacial score (nSPS) is 17.2. The van der Waals surface area contributed by atoms with Crippen molar-refractivity contribution in [3.8, 4) is 0 Å². The van der Waals surface area contributed by atoms with Gasteiger partial charge in [-0.3, -0.25) is 9.59 Å². The van der Waals surface area contributed by atoms with E-state index in [2.05, 4.69) is 10.00 Å². The van der Waals surface area contributed by atoms with E-state index in [9.17, 15) is 9.59 Å². The molecule has 6 nitrogen and oxygen atoms in total. The molecule has 1 saturated heterocycles. The predicted molar refractivity (Wildman–Crippen MR) is 102 cm³/mol. The number of amides is 1. The zero-order valence-corrected chi connectivity index (χ0v) is 15.5. The van der Waals surface area contributed by atoms with Crippen LogP contribution in [0.25, 0.3) is 0 Å². The third kappa shape index (κ3) is 4.50. The molecule has 2 aromatic rings. The van der Waals surface area contributed by atoms with E-state index in [0.29, 0.717) is 18.9 Å². The molecule has 0 aliphatic carbocycles. The molecule has 1 unspecified atom stereocenters. The lowest BCUT2D eigenvalue weighted by Crippen LogP contribution is -2.39. The minimum absolute atomic E-state index is 0.108. The number of carbonyl (C=O) groups is 1. The molecule has 1 fully saturated rings. The molecule has 6 heteroatoms. The van der Waals surface area contributed by atoms with Crippen LogP contribution in [0.5, 0.6) is 0 Å². The second-order valence-corrected chi connectivity index (χ2v) is 7.07. The second kappa shape index (κ2) is 8.17. The van der Waals surface area contributed by atoms with Crippen LogP contribution in [0.2, 0.25) is 0 Å². The predicted octanol–water partition coefficient (Wildman–Crippen LogP) is 2.05. The van der Waals surface area contributed by atoms with Gasteiger partial charge in [0.1, 0.15) is 0 Å². The zero-order chi connectivity index (χ0) is 18.5. The highest BCUT2D eigenvalue weighted by Gasteiger charge is 2.24. The lowest BCUT2D eigenvalue weighted by Gasteiger charge is -2.34. The van der Waals surface area contributed by atoms with Crippen molar-refractivity contribution in [3.63, 3.8) is 0 Å². The average molecular weight is 354 g/mol. The Kier molecular flexibility index (Phi) is 5.71. The summed E-state index contributed by atoms with van der Waals surface area (Å²) < 4.78 is 1.33. The van der Waals surface area contributed by atoms with Gasteiger partial charge in [-0.05, 0) is 24.3 Å². The van der Waals surface area contributed by atoms with Crippen LogP contribution in [0.1, 0.15) is 24.8 Å². The van der Waals surface area contributed by atoms with Crippen molar-refractivity contribution in [2.24, 2.45) is 13.0 Å². The topological polar surface area (TPSA) is 58.4 Å². The summed E-state index contributed by atoms with van der Waals surface area (Å²) in [7, 11) is 3.51. The zero-order valence-electron chi connectivity index (χ0n) is 15.5. The van der Waals surface area contributed by atoms with Crippen molar-refractivity contribution in [3.05, 3.63) is 58.5 Å². The van der Waals surface area contributed by atoms with Crippen molar-refractivity contribution in [1.29, 1.82) is 0 Å². The van der Waals surface area contributed by atoms with Crippen LogP contribution < -0.4 is 10.5 Å². The number of anilines is 1. The maximum absolute atomic E-state index is 12.6. The van der Waals surface area contributed by atoms with E-state index in [1.54, 1.807) is 24.2 Å². The Morgan fingerprint density at radius 1 is 1.31 bits per heavy atom. The largest absolute Gasteiger partial charge is 0.370 e. The number of hydrogen-bond donors (Lipinski definition) is 0. The number of piperidine rings is 1. The highest BCUT2D eigenvalue weighted by atomic mass is 16.2. The quantitative estimate of drug-likeness (QED) is 0.825. The highest BCUT2D eigenvalue weighted by Crippen LogP contribution is 2.24. The first kappa shape index (κ1) is 18.2. The van der Waals surface area contributed by atoms with Crippen LogP contribution in [0, 0.1) is 5.92 Å². The van der Waals surface area contributed by atoms with Gasteiger partial charge in [0.15, 0.2) is 0 Å². The van der Waals surface area contributed by atoms with E-state index >= 15 is 0 Å². The number of hydrogen-bond acceptors (Lipinski definition) is 4. The van der Waals surface area contributed by atoms with Crippen LogP contribution in [0.4, 0.5) is 5.69 Å². The molecule has 1 aromatic heterocycles. The van der Waals surface area contributed by atoms with Crippen LogP contribution in [-0.2, 0) is 18.4 Å². The summed E-state index contributed by atoms with van der Waals surface area (Å²) in [4.78, 5) is 28.4. The number of aryl methyl sites for hydroxylation is 1. The van der Waals surface area contributed by atoms with Gasteiger partial charge in [-0.1, -0.05) is 30.3 Å². The minimum atomic E-state index is -0.108. The Bertz CT molecular complexity index is 803. The second-order valence-electron chi connectivity index (χ2n) is 7.07. The van der Waals surface area contributed by atoms with Gasteiger partial charge in [-0.2, -0.15) is 5.10 Å². The monoisotopic (exact) mass is 354 g/mol. The molecule has 0 N–H and O–H groups in total. The Balaban J connectivity index is 1.58. The fraction of sp³-hybridized carbons (Fsp3) is 0.450. The van der Waals surface area contributed by atoms with Gasteiger partial charge in [-0.25, -0.2) is 4.68 Å². The van der Waals surface area contributed by atoms with Crippen molar-refractivity contribution < 1.29 is 4.79 Å². The molecule has 0 radical (unpaired) electrons. The van der Waals surface area contributed by atoms with E-state index in [4.69, 9.17) is 0 Å². The van der Waals surface area contributed by atoms with Crippen LogP contribution in [-0.4, -0.2) is 40.7 Å². The molecule has 0 bridgehead atoms. The molecule has 1 aliphatic rings. The van der Waals surface area contributed by atoms with Crippen LogP contribution >= 0.6 is 0 Å². The summed E-state index contributed by atoms with van der Waals surface area (Å²) in [6, 6.07) is 11.7. The van der Waals surface area contributed by atoms with Crippen molar-refractivity contribution in [1.82, 2.24) is 14.7 Å². The fourth-order valence-corrected chi connectivity index (χ4v) is 3.45. The van der Waals surface area contributed by atoms with Crippen molar-refractivity contribution in [2.75, 3.05) is 25.0 Å². The molecule has 138 valence electrons. The molecule has 1 atom stereocenters. The highest BCUT2D eigenvalue weighted by molar-refractivity contribution is 5.76. The molecule has 26 heavy (non-hydrogen) atoms. The number of benzene rings is 1.